The molecule has 0 atom stereocenters. The number of carbonyl (C=O) groups excluding carboxylic acids is 2. The molecule has 0 bridgehead atoms. The molecular formula is C38H42ClNO4. The summed E-state index contributed by atoms with van der Waals surface area (Å²) in [5.74, 6) is 0.707. The second-order valence-electron chi connectivity index (χ2n) is 14.0. The van der Waals surface area contributed by atoms with Crippen molar-refractivity contribution in [2.75, 3.05) is 13.2 Å². The maximum absolute atomic E-state index is 14.0. The van der Waals surface area contributed by atoms with Crippen molar-refractivity contribution in [3.63, 3.8) is 0 Å². The summed E-state index contributed by atoms with van der Waals surface area (Å²) in [5.41, 5.74) is 5.10. The number of fused-ring (bicyclic) bond motifs is 1. The van der Waals surface area contributed by atoms with Crippen LogP contribution < -0.4 is 9.47 Å². The van der Waals surface area contributed by atoms with Gasteiger partial charge in [0.1, 0.15) is 6.61 Å². The van der Waals surface area contributed by atoms with Crippen LogP contribution in [0.15, 0.2) is 77.1 Å². The topological polar surface area (TPSA) is 55.8 Å². The summed E-state index contributed by atoms with van der Waals surface area (Å²) in [6.45, 7) is 14.1. The van der Waals surface area contributed by atoms with E-state index in [0.29, 0.717) is 49.1 Å². The minimum absolute atomic E-state index is 0.106. The number of hydrogen-bond acceptors (Lipinski definition) is 5. The van der Waals surface area contributed by atoms with Crippen molar-refractivity contribution in [3.05, 3.63) is 93.3 Å². The Bertz CT molecular complexity index is 1670. The van der Waals surface area contributed by atoms with Crippen LogP contribution in [0.1, 0.15) is 84.3 Å². The van der Waals surface area contributed by atoms with Gasteiger partial charge in [-0.15, -0.1) is 0 Å². The Hall–Kier alpha value is -3.57. The van der Waals surface area contributed by atoms with Crippen LogP contribution in [-0.2, 0) is 16.2 Å². The van der Waals surface area contributed by atoms with Crippen LogP contribution in [-0.4, -0.2) is 29.6 Å². The van der Waals surface area contributed by atoms with Crippen molar-refractivity contribution in [2.45, 2.75) is 79.8 Å². The standard InChI is InChI=1S/C38H42ClNO4/c1-7-40-28-18-37(3,4)20-30(41)34(28)33(35-29(40)19-38(5,6)21-31(35)42)25-16-27(39)36(32(17-25)43-8-2)44-22-24-14-11-13-23-12-9-10-15-26(23)24/h9-17,33H,7-8,18-22H2,1-6H3. The summed E-state index contributed by atoms with van der Waals surface area (Å²) in [6, 6.07) is 18.2. The molecule has 3 aromatic rings. The molecule has 3 aliphatic rings. The number of ether oxygens (including phenoxy) is 2. The Morgan fingerprint density at radius 3 is 2.05 bits per heavy atom. The van der Waals surface area contributed by atoms with Gasteiger partial charge < -0.3 is 14.4 Å². The molecule has 0 aromatic heterocycles. The van der Waals surface area contributed by atoms with Crippen molar-refractivity contribution in [1.29, 1.82) is 0 Å². The third-order valence-electron chi connectivity index (χ3n) is 9.26. The average Bonchev–Trinajstić information content (AvgIpc) is 2.94. The minimum Gasteiger partial charge on any atom is -0.490 e. The van der Waals surface area contributed by atoms with Gasteiger partial charge in [-0.3, -0.25) is 9.59 Å². The van der Waals surface area contributed by atoms with E-state index < -0.39 is 5.92 Å². The quantitative estimate of drug-likeness (QED) is 0.267. The number of benzene rings is 3. The zero-order chi connectivity index (χ0) is 31.4. The summed E-state index contributed by atoms with van der Waals surface area (Å²) in [6.07, 6.45) is 2.45. The van der Waals surface area contributed by atoms with Gasteiger partial charge in [-0.05, 0) is 71.6 Å². The normalized spacial score (nSPS) is 19.8. The molecule has 44 heavy (non-hydrogen) atoms. The molecule has 6 heteroatoms. The highest BCUT2D eigenvalue weighted by atomic mass is 35.5. The fraction of sp³-hybridized carbons (Fsp3) is 0.421. The van der Waals surface area contributed by atoms with Gasteiger partial charge >= 0.3 is 0 Å². The third-order valence-corrected chi connectivity index (χ3v) is 9.54. The maximum atomic E-state index is 14.0. The van der Waals surface area contributed by atoms with Gasteiger partial charge in [-0.1, -0.05) is 81.8 Å². The Balaban J connectivity index is 1.47. The largest absolute Gasteiger partial charge is 0.490 e. The third kappa shape index (κ3) is 5.45. The first-order valence-electron chi connectivity index (χ1n) is 15.8. The Labute approximate surface area is 265 Å². The Morgan fingerprint density at radius 1 is 0.818 bits per heavy atom. The molecule has 230 valence electrons. The fourth-order valence-corrected chi connectivity index (χ4v) is 7.76. The van der Waals surface area contributed by atoms with Gasteiger partial charge in [0, 0.05) is 47.8 Å². The lowest BCUT2D eigenvalue weighted by atomic mass is 9.63. The zero-order valence-electron chi connectivity index (χ0n) is 26.7. The Kier molecular flexibility index (Phi) is 7.90. The van der Waals surface area contributed by atoms with E-state index in [2.05, 4.69) is 63.8 Å². The molecule has 0 saturated carbocycles. The second-order valence-corrected chi connectivity index (χ2v) is 14.4. The summed E-state index contributed by atoms with van der Waals surface area (Å²) >= 11 is 7.03. The first-order valence-corrected chi connectivity index (χ1v) is 16.2. The number of ketones is 2. The molecule has 0 unspecified atom stereocenters. The summed E-state index contributed by atoms with van der Waals surface area (Å²) in [5, 5.41) is 2.67. The van der Waals surface area contributed by atoms with Crippen molar-refractivity contribution >= 4 is 33.9 Å². The second kappa shape index (κ2) is 11.4. The number of carbonyl (C=O) groups is 2. The number of rotatable bonds is 7. The molecule has 0 N–H and O–H groups in total. The fourth-order valence-electron chi connectivity index (χ4n) is 7.49. The van der Waals surface area contributed by atoms with Gasteiger partial charge in [0.15, 0.2) is 23.1 Å². The minimum atomic E-state index is -0.487. The van der Waals surface area contributed by atoms with E-state index in [4.69, 9.17) is 21.1 Å². The smallest absolute Gasteiger partial charge is 0.180 e. The van der Waals surface area contributed by atoms with Gasteiger partial charge in [-0.2, -0.15) is 0 Å². The summed E-state index contributed by atoms with van der Waals surface area (Å²) in [7, 11) is 0. The Morgan fingerprint density at radius 2 is 1.43 bits per heavy atom. The lowest BCUT2D eigenvalue weighted by Crippen LogP contribution is -2.44. The van der Waals surface area contributed by atoms with Crippen LogP contribution >= 0.6 is 11.6 Å². The van der Waals surface area contributed by atoms with E-state index >= 15 is 0 Å². The van der Waals surface area contributed by atoms with Gasteiger partial charge in [0.05, 0.1) is 11.6 Å². The SMILES string of the molecule is CCOc1cc(C2C3=C(CC(C)(C)CC3=O)N(CC)C3=C2C(=O)CC(C)(C)C3)cc(Cl)c1OCc1cccc2ccccc12. The van der Waals surface area contributed by atoms with Crippen LogP contribution in [0.25, 0.3) is 10.8 Å². The van der Waals surface area contributed by atoms with Crippen LogP contribution in [0.5, 0.6) is 11.5 Å². The molecule has 0 saturated heterocycles. The summed E-state index contributed by atoms with van der Waals surface area (Å²) < 4.78 is 12.5. The van der Waals surface area contributed by atoms with Crippen LogP contribution in [0.3, 0.4) is 0 Å². The van der Waals surface area contributed by atoms with Crippen molar-refractivity contribution in [1.82, 2.24) is 4.90 Å². The molecule has 5 nitrogen and oxygen atoms in total. The predicted molar refractivity (Wildman–Crippen MR) is 176 cm³/mol. The molecule has 3 aromatic carbocycles. The zero-order valence-corrected chi connectivity index (χ0v) is 27.4. The van der Waals surface area contributed by atoms with Crippen molar-refractivity contribution in [2.24, 2.45) is 10.8 Å². The van der Waals surface area contributed by atoms with E-state index in [1.54, 1.807) is 0 Å². The number of allylic oxidation sites excluding steroid dienone is 4. The van der Waals surface area contributed by atoms with E-state index in [-0.39, 0.29) is 22.4 Å². The molecule has 0 spiro atoms. The lowest BCUT2D eigenvalue weighted by Gasteiger charge is -2.49. The predicted octanol–water partition coefficient (Wildman–Crippen LogP) is 9.18. The highest BCUT2D eigenvalue weighted by molar-refractivity contribution is 6.32. The molecule has 6 rings (SSSR count). The number of Topliss-reactive ketones (excluding diaryl/α,β-unsaturated/α-hetero) is 2. The highest BCUT2D eigenvalue weighted by Crippen LogP contribution is 2.55. The molecular weight excluding hydrogens is 570 g/mol. The first-order chi connectivity index (χ1) is 20.9. The lowest BCUT2D eigenvalue weighted by molar-refractivity contribution is -0.119. The number of hydrogen-bond donors (Lipinski definition) is 0. The molecule has 2 aliphatic carbocycles. The monoisotopic (exact) mass is 611 g/mol. The van der Waals surface area contributed by atoms with Crippen LogP contribution in [0.4, 0.5) is 0 Å². The van der Waals surface area contributed by atoms with Gasteiger partial charge in [-0.25, -0.2) is 0 Å². The molecule has 0 radical (unpaired) electrons. The molecule has 1 aliphatic heterocycles. The maximum Gasteiger partial charge on any atom is 0.180 e. The van der Waals surface area contributed by atoms with E-state index in [1.165, 1.54) is 0 Å². The highest BCUT2D eigenvalue weighted by Gasteiger charge is 2.48. The van der Waals surface area contributed by atoms with E-state index in [0.717, 1.165) is 57.3 Å². The van der Waals surface area contributed by atoms with Crippen molar-refractivity contribution in [3.8, 4) is 11.5 Å². The van der Waals surface area contributed by atoms with Gasteiger partial charge in [0.2, 0.25) is 0 Å². The van der Waals surface area contributed by atoms with Gasteiger partial charge in [0.25, 0.3) is 0 Å². The van der Waals surface area contributed by atoms with E-state index in [1.807, 2.05) is 37.3 Å². The number of nitrogens with zero attached hydrogens (tertiary/aromatic N) is 1. The first kappa shape index (κ1) is 30.5. The van der Waals surface area contributed by atoms with E-state index in [9.17, 15) is 9.59 Å². The molecule has 0 amide bonds. The molecule has 0 fully saturated rings. The average molecular weight is 612 g/mol. The summed E-state index contributed by atoms with van der Waals surface area (Å²) in [4.78, 5) is 30.3. The number of halogens is 1. The van der Waals surface area contributed by atoms with Crippen molar-refractivity contribution < 1.29 is 19.1 Å². The molecule has 1 heterocycles. The van der Waals surface area contributed by atoms with Crippen LogP contribution in [0.2, 0.25) is 5.02 Å². The van der Waals surface area contributed by atoms with Crippen LogP contribution in [0, 0.1) is 10.8 Å².